The van der Waals surface area contributed by atoms with Gasteiger partial charge in [0.1, 0.15) is 11.6 Å². The van der Waals surface area contributed by atoms with Crippen molar-refractivity contribution in [3.05, 3.63) is 30.1 Å². The highest BCUT2D eigenvalue weighted by Crippen LogP contribution is 2.20. The summed E-state index contributed by atoms with van der Waals surface area (Å²) < 4.78 is 7.06. The lowest BCUT2D eigenvalue weighted by Crippen LogP contribution is -1.94. The van der Waals surface area contributed by atoms with Gasteiger partial charge in [0.2, 0.25) is 0 Å². The van der Waals surface area contributed by atoms with Gasteiger partial charge >= 0.3 is 0 Å². The van der Waals surface area contributed by atoms with Crippen LogP contribution in [0.4, 0.5) is 0 Å². The minimum Gasteiger partial charge on any atom is -0.497 e. The molecule has 0 radical (unpaired) electrons. The average Bonchev–Trinajstić information content (AvgIpc) is 2.60. The Morgan fingerprint density at radius 1 is 1.13 bits per heavy atom. The Labute approximate surface area is 88.5 Å². The van der Waals surface area contributed by atoms with Gasteiger partial charge in [-0.2, -0.15) is 0 Å². The molecule has 0 bridgehead atoms. The first-order valence-electron chi connectivity index (χ1n) is 4.73. The average molecular weight is 203 g/mol. The number of nitrogens with zero attached hydrogens (tertiary/aromatic N) is 3. The predicted molar refractivity (Wildman–Crippen MR) is 57.7 cm³/mol. The van der Waals surface area contributed by atoms with E-state index in [0.717, 1.165) is 23.0 Å². The molecule has 0 unspecified atom stereocenters. The summed E-state index contributed by atoms with van der Waals surface area (Å²) in [6.07, 6.45) is 0. The molecule has 0 saturated heterocycles. The Balaban J connectivity index is 2.41. The van der Waals surface area contributed by atoms with Crippen LogP contribution in [-0.4, -0.2) is 21.9 Å². The van der Waals surface area contributed by atoms with Gasteiger partial charge in [0, 0.05) is 12.6 Å². The number of rotatable bonds is 2. The Hall–Kier alpha value is -1.84. The second kappa shape index (κ2) is 3.73. The maximum absolute atomic E-state index is 5.10. The fourth-order valence-electron chi connectivity index (χ4n) is 1.40. The lowest BCUT2D eigenvalue weighted by Gasteiger charge is -2.03. The zero-order valence-electron chi connectivity index (χ0n) is 9.06. The van der Waals surface area contributed by atoms with E-state index >= 15 is 0 Å². The molecule has 0 amide bonds. The molecule has 2 rings (SSSR count). The minimum atomic E-state index is 0.845. The van der Waals surface area contributed by atoms with E-state index in [1.807, 2.05) is 42.8 Å². The van der Waals surface area contributed by atoms with Crippen LogP contribution in [0, 0.1) is 6.92 Å². The molecule has 0 spiro atoms. The molecular weight excluding hydrogens is 190 g/mol. The van der Waals surface area contributed by atoms with Crippen molar-refractivity contribution in [2.24, 2.45) is 7.05 Å². The normalized spacial score (nSPS) is 10.3. The highest BCUT2D eigenvalue weighted by molar-refractivity contribution is 5.56. The lowest BCUT2D eigenvalue weighted by atomic mass is 10.2. The molecule has 0 aliphatic carbocycles. The topological polar surface area (TPSA) is 39.9 Å². The van der Waals surface area contributed by atoms with Gasteiger partial charge in [-0.05, 0) is 31.2 Å². The number of hydrogen-bond acceptors (Lipinski definition) is 3. The summed E-state index contributed by atoms with van der Waals surface area (Å²) in [7, 11) is 3.61. The van der Waals surface area contributed by atoms with E-state index in [9.17, 15) is 0 Å². The standard InChI is InChI=1S/C11H13N3O/c1-8-12-13-11(14(8)2)9-4-6-10(15-3)7-5-9/h4-7H,1-3H3. The summed E-state index contributed by atoms with van der Waals surface area (Å²) >= 11 is 0. The molecule has 1 heterocycles. The van der Waals surface area contributed by atoms with E-state index in [1.165, 1.54) is 0 Å². The fourth-order valence-corrected chi connectivity index (χ4v) is 1.40. The third kappa shape index (κ3) is 1.70. The monoisotopic (exact) mass is 203 g/mol. The highest BCUT2D eigenvalue weighted by atomic mass is 16.5. The fraction of sp³-hybridized carbons (Fsp3) is 0.273. The molecule has 1 aromatic heterocycles. The summed E-state index contributed by atoms with van der Waals surface area (Å²) in [5.74, 6) is 2.62. The zero-order chi connectivity index (χ0) is 10.8. The van der Waals surface area contributed by atoms with Crippen molar-refractivity contribution in [2.45, 2.75) is 6.92 Å². The molecule has 0 atom stereocenters. The Morgan fingerprint density at radius 3 is 2.27 bits per heavy atom. The van der Waals surface area contributed by atoms with Gasteiger partial charge in [0.25, 0.3) is 0 Å². The predicted octanol–water partition coefficient (Wildman–Crippen LogP) is 1.80. The van der Waals surface area contributed by atoms with E-state index < -0.39 is 0 Å². The van der Waals surface area contributed by atoms with Crippen molar-refractivity contribution in [1.82, 2.24) is 14.8 Å². The Kier molecular flexibility index (Phi) is 2.41. The quantitative estimate of drug-likeness (QED) is 0.747. The lowest BCUT2D eigenvalue weighted by molar-refractivity contribution is 0.415. The van der Waals surface area contributed by atoms with Crippen LogP contribution in [0.3, 0.4) is 0 Å². The maximum atomic E-state index is 5.10. The van der Waals surface area contributed by atoms with Gasteiger partial charge in [0.05, 0.1) is 7.11 Å². The van der Waals surface area contributed by atoms with Crippen LogP contribution < -0.4 is 4.74 Å². The van der Waals surface area contributed by atoms with Crippen LogP contribution >= 0.6 is 0 Å². The van der Waals surface area contributed by atoms with Crippen molar-refractivity contribution in [3.63, 3.8) is 0 Å². The zero-order valence-corrected chi connectivity index (χ0v) is 9.06. The molecular formula is C11H13N3O. The highest BCUT2D eigenvalue weighted by Gasteiger charge is 2.06. The molecule has 0 saturated carbocycles. The number of hydrogen-bond donors (Lipinski definition) is 0. The second-order valence-electron chi connectivity index (χ2n) is 3.36. The number of aryl methyl sites for hydroxylation is 1. The summed E-state index contributed by atoms with van der Waals surface area (Å²) in [6, 6.07) is 7.78. The van der Waals surface area contributed by atoms with E-state index in [2.05, 4.69) is 10.2 Å². The number of methoxy groups -OCH3 is 1. The largest absolute Gasteiger partial charge is 0.497 e. The van der Waals surface area contributed by atoms with Gasteiger partial charge in [-0.3, -0.25) is 0 Å². The molecule has 2 aromatic rings. The second-order valence-corrected chi connectivity index (χ2v) is 3.36. The summed E-state index contributed by atoms with van der Waals surface area (Å²) in [6.45, 7) is 1.93. The van der Waals surface area contributed by atoms with Crippen molar-refractivity contribution in [1.29, 1.82) is 0 Å². The minimum absolute atomic E-state index is 0.845. The molecule has 4 heteroatoms. The Morgan fingerprint density at radius 2 is 1.80 bits per heavy atom. The number of ether oxygens (including phenoxy) is 1. The third-order valence-electron chi connectivity index (χ3n) is 2.44. The molecule has 0 aliphatic rings. The first kappa shape index (κ1) is 9.71. The van der Waals surface area contributed by atoms with Crippen LogP contribution in [0.5, 0.6) is 5.75 Å². The van der Waals surface area contributed by atoms with Crippen molar-refractivity contribution in [2.75, 3.05) is 7.11 Å². The van der Waals surface area contributed by atoms with Gasteiger partial charge in [-0.15, -0.1) is 10.2 Å². The van der Waals surface area contributed by atoms with Crippen molar-refractivity contribution < 1.29 is 4.74 Å². The van der Waals surface area contributed by atoms with Crippen LogP contribution in [0.15, 0.2) is 24.3 Å². The van der Waals surface area contributed by atoms with Crippen LogP contribution in [0.25, 0.3) is 11.4 Å². The summed E-state index contributed by atoms with van der Waals surface area (Å²) in [5.41, 5.74) is 1.04. The van der Waals surface area contributed by atoms with Crippen molar-refractivity contribution in [3.8, 4) is 17.1 Å². The maximum Gasteiger partial charge on any atom is 0.163 e. The third-order valence-corrected chi connectivity index (χ3v) is 2.44. The summed E-state index contributed by atoms with van der Waals surface area (Å²) in [4.78, 5) is 0. The van der Waals surface area contributed by atoms with Crippen LogP contribution in [0.2, 0.25) is 0 Å². The molecule has 4 nitrogen and oxygen atoms in total. The van der Waals surface area contributed by atoms with E-state index in [-0.39, 0.29) is 0 Å². The molecule has 0 N–H and O–H groups in total. The van der Waals surface area contributed by atoms with Gasteiger partial charge in [0.15, 0.2) is 5.82 Å². The van der Waals surface area contributed by atoms with Gasteiger partial charge in [-0.25, -0.2) is 0 Å². The molecule has 1 aromatic carbocycles. The van der Waals surface area contributed by atoms with Gasteiger partial charge < -0.3 is 9.30 Å². The Bertz CT molecular complexity index is 459. The molecule has 0 aliphatic heterocycles. The van der Waals surface area contributed by atoms with Crippen molar-refractivity contribution >= 4 is 0 Å². The molecule has 78 valence electrons. The van der Waals surface area contributed by atoms with Gasteiger partial charge in [-0.1, -0.05) is 0 Å². The van der Waals surface area contributed by atoms with Crippen LogP contribution in [0.1, 0.15) is 5.82 Å². The molecule has 0 fully saturated rings. The number of aromatic nitrogens is 3. The van der Waals surface area contributed by atoms with E-state index in [1.54, 1.807) is 7.11 Å². The summed E-state index contributed by atoms with van der Waals surface area (Å²) in [5, 5.41) is 8.13. The first-order chi connectivity index (χ1) is 7.22. The van der Waals surface area contributed by atoms with E-state index in [0.29, 0.717) is 0 Å². The first-order valence-corrected chi connectivity index (χ1v) is 4.73. The smallest absolute Gasteiger partial charge is 0.163 e. The SMILES string of the molecule is COc1ccc(-c2nnc(C)n2C)cc1. The molecule has 15 heavy (non-hydrogen) atoms. The number of benzene rings is 1. The van der Waals surface area contributed by atoms with E-state index in [4.69, 9.17) is 4.74 Å². The van der Waals surface area contributed by atoms with Crippen LogP contribution in [-0.2, 0) is 7.05 Å².